The van der Waals surface area contributed by atoms with Crippen molar-refractivity contribution >= 4 is 35.0 Å². The van der Waals surface area contributed by atoms with Gasteiger partial charge in [-0.15, -0.1) is 0 Å². The van der Waals surface area contributed by atoms with Crippen molar-refractivity contribution in [2.45, 2.75) is 18.9 Å². The van der Waals surface area contributed by atoms with Crippen molar-refractivity contribution in [1.82, 2.24) is 9.55 Å². The van der Waals surface area contributed by atoms with Crippen molar-refractivity contribution in [2.24, 2.45) is 0 Å². The van der Waals surface area contributed by atoms with E-state index in [1.165, 1.54) is 0 Å². The number of nitrogens with zero attached hydrogens (tertiary/aromatic N) is 2. The van der Waals surface area contributed by atoms with E-state index in [9.17, 15) is 9.59 Å². The molecule has 0 spiro atoms. The first-order valence-corrected chi connectivity index (χ1v) is 7.79. The van der Waals surface area contributed by atoms with E-state index in [0.29, 0.717) is 5.75 Å². The van der Waals surface area contributed by atoms with Crippen LogP contribution < -0.4 is 16.0 Å². The SMILES string of the molecule is COC(=O)c1c(N)ncn(-c2c(Cl)cc(OC3CC3)cc2Cl)c1=O. The highest BCUT2D eigenvalue weighted by molar-refractivity contribution is 6.38. The molecule has 9 heteroatoms. The number of rotatable bonds is 4. The van der Waals surface area contributed by atoms with Gasteiger partial charge >= 0.3 is 5.97 Å². The van der Waals surface area contributed by atoms with Crippen molar-refractivity contribution in [1.29, 1.82) is 0 Å². The molecule has 24 heavy (non-hydrogen) atoms. The number of esters is 1. The molecular weight excluding hydrogens is 357 g/mol. The van der Waals surface area contributed by atoms with Gasteiger partial charge in [0, 0.05) is 12.1 Å². The zero-order chi connectivity index (χ0) is 17.4. The third-order valence-electron chi connectivity index (χ3n) is 3.45. The van der Waals surface area contributed by atoms with E-state index in [0.717, 1.165) is 30.8 Å². The highest BCUT2D eigenvalue weighted by Crippen LogP contribution is 2.35. The van der Waals surface area contributed by atoms with Crippen LogP contribution in [0.25, 0.3) is 5.69 Å². The van der Waals surface area contributed by atoms with Gasteiger partial charge in [0.1, 0.15) is 17.9 Å². The lowest BCUT2D eigenvalue weighted by atomic mass is 10.2. The summed E-state index contributed by atoms with van der Waals surface area (Å²) >= 11 is 12.5. The van der Waals surface area contributed by atoms with E-state index < -0.39 is 11.5 Å². The van der Waals surface area contributed by atoms with Crippen molar-refractivity contribution in [2.75, 3.05) is 12.8 Å². The maximum atomic E-state index is 12.6. The second-order valence-electron chi connectivity index (χ2n) is 5.22. The number of ether oxygens (including phenoxy) is 2. The second-order valence-corrected chi connectivity index (χ2v) is 6.04. The lowest BCUT2D eigenvalue weighted by Gasteiger charge is -2.13. The van der Waals surface area contributed by atoms with Crippen LogP contribution in [-0.2, 0) is 4.74 Å². The van der Waals surface area contributed by atoms with Crippen LogP contribution >= 0.6 is 23.2 Å². The predicted molar refractivity (Wildman–Crippen MR) is 89.3 cm³/mol. The molecule has 126 valence electrons. The monoisotopic (exact) mass is 369 g/mol. The molecule has 0 unspecified atom stereocenters. The lowest BCUT2D eigenvalue weighted by molar-refractivity contribution is 0.0599. The summed E-state index contributed by atoms with van der Waals surface area (Å²) in [5.74, 6) is -0.606. The third-order valence-corrected chi connectivity index (χ3v) is 4.03. The molecule has 3 rings (SSSR count). The molecule has 0 aliphatic heterocycles. The average molecular weight is 370 g/mol. The molecule has 1 aliphatic rings. The molecule has 1 heterocycles. The van der Waals surface area contributed by atoms with Crippen LogP contribution in [0.15, 0.2) is 23.3 Å². The zero-order valence-electron chi connectivity index (χ0n) is 12.6. The molecule has 0 bridgehead atoms. The number of aromatic nitrogens is 2. The Hall–Kier alpha value is -2.25. The van der Waals surface area contributed by atoms with Gasteiger partial charge in [-0.1, -0.05) is 23.2 Å². The highest BCUT2D eigenvalue weighted by Gasteiger charge is 2.25. The van der Waals surface area contributed by atoms with Crippen molar-refractivity contribution in [3.05, 3.63) is 44.4 Å². The summed E-state index contributed by atoms with van der Waals surface area (Å²) in [6, 6.07) is 3.11. The number of halogens is 2. The Bertz CT molecular complexity index is 855. The van der Waals surface area contributed by atoms with Gasteiger partial charge in [-0.05, 0) is 12.8 Å². The minimum Gasteiger partial charge on any atom is -0.490 e. The number of carbonyl (C=O) groups is 1. The number of nitrogen functional groups attached to an aromatic ring is 1. The summed E-state index contributed by atoms with van der Waals surface area (Å²) in [4.78, 5) is 28.2. The molecule has 1 saturated carbocycles. The Morgan fingerprint density at radius 2 is 1.96 bits per heavy atom. The molecule has 7 nitrogen and oxygen atoms in total. The third kappa shape index (κ3) is 3.05. The highest BCUT2D eigenvalue weighted by atomic mass is 35.5. The van der Waals surface area contributed by atoms with Gasteiger partial charge in [-0.3, -0.25) is 9.36 Å². The van der Waals surface area contributed by atoms with Gasteiger partial charge in [-0.25, -0.2) is 9.78 Å². The molecule has 0 radical (unpaired) electrons. The van der Waals surface area contributed by atoms with E-state index in [2.05, 4.69) is 9.72 Å². The number of carbonyl (C=O) groups excluding carboxylic acids is 1. The molecule has 1 aromatic carbocycles. The van der Waals surface area contributed by atoms with E-state index in [1.54, 1.807) is 12.1 Å². The number of hydrogen-bond acceptors (Lipinski definition) is 6. The van der Waals surface area contributed by atoms with Gasteiger partial charge in [0.25, 0.3) is 5.56 Å². The first-order chi connectivity index (χ1) is 11.4. The van der Waals surface area contributed by atoms with Gasteiger partial charge in [0.15, 0.2) is 5.56 Å². The van der Waals surface area contributed by atoms with Crippen molar-refractivity contribution < 1.29 is 14.3 Å². The summed E-state index contributed by atoms with van der Waals surface area (Å²) in [5.41, 5.74) is 4.67. The smallest absolute Gasteiger partial charge is 0.347 e. The topological polar surface area (TPSA) is 96.4 Å². The van der Waals surface area contributed by atoms with Crippen LogP contribution in [-0.4, -0.2) is 28.7 Å². The summed E-state index contributed by atoms with van der Waals surface area (Å²) in [6.07, 6.45) is 3.30. The average Bonchev–Trinajstić information content (AvgIpc) is 3.32. The molecule has 1 aromatic heterocycles. The van der Waals surface area contributed by atoms with Crippen LogP contribution in [0, 0.1) is 0 Å². The standard InChI is InChI=1S/C15H13Cl2N3O4/c1-23-15(22)11-13(18)19-6-20(14(11)21)12-9(16)4-8(5-10(12)17)24-7-2-3-7/h4-7H,2-3,18H2,1H3. The number of nitrogens with two attached hydrogens (primary N) is 1. The van der Waals surface area contributed by atoms with Gasteiger partial charge in [0.2, 0.25) is 0 Å². The second kappa shape index (κ2) is 6.33. The zero-order valence-corrected chi connectivity index (χ0v) is 14.1. The fraction of sp³-hybridized carbons (Fsp3) is 0.267. The Balaban J connectivity index is 2.12. The molecular formula is C15H13Cl2N3O4. The van der Waals surface area contributed by atoms with E-state index >= 15 is 0 Å². The Labute approximate surface area is 146 Å². The quantitative estimate of drug-likeness (QED) is 0.831. The van der Waals surface area contributed by atoms with Crippen LogP contribution in [0.4, 0.5) is 5.82 Å². The van der Waals surface area contributed by atoms with Gasteiger partial charge in [-0.2, -0.15) is 0 Å². The molecule has 2 N–H and O–H groups in total. The van der Waals surface area contributed by atoms with Gasteiger partial charge in [0.05, 0.1) is 28.9 Å². The van der Waals surface area contributed by atoms with Crippen LogP contribution in [0.5, 0.6) is 5.75 Å². The Morgan fingerprint density at radius 3 is 2.50 bits per heavy atom. The Morgan fingerprint density at radius 1 is 1.33 bits per heavy atom. The van der Waals surface area contributed by atoms with E-state index in [1.807, 2.05) is 0 Å². The van der Waals surface area contributed by atoms with Crippen molar-refractivity contribution in [3.8, 4) is 11.4 Å². The first kappa shape index (κ1) is 16.6. The maximum Gasteiger partial charge on any atom is 0.347 e. The van der Waals surface area contributed by atoms with E-state index in [4.69, 9.17) is 33.7 Å². The molecule has 0 amide bonds. The summed E-state index contributed by atoms with van der Waals surface area (Å²) < 4.78 is 11.3. The fourth-order valence-corrected chi connectivity index (χ4v) is 2.79. The number of hydrogen-bond donors (Lipinski definition) is 1. The molecule has 0 saturated heterocycles. The summed E-state index contributed by atoms with van der Waals surface area (Å²) in [7, 11) is 1.14. The predicted octanol–water partition coefficient (Wildman–Crippen LogP) is 2.45. The van der Waals surface area contributed by atoms with Gasteiger partial charge < -0.3 is 15.2 Å². The largest absolute Gasteiger partial charge is 0.490 e. The normalized spacial score (nSPS) is 13.6. The number of methoxy groups -OCH3 is 1. The van der Waals surface area contributed by atoms with E-state index in [-0.39, 0.29) is 33.2 Å². The molecule has 0 atom stereocenters. The molecule has 1 aliphatic carbocycles. The summed E-state index contributed by atoms with van der Waals surface area (Å²) in [5, 5.41) is 0.366. The summed E-state index contributed by atoms with van der Waals surface area (Å²) in [6.45, 7) is 0. The molecule has 2 aromatic rings. The molecule has 1 fully saturated rings. The first-order valence-electron chi connectivity index (χ1n) is 7.04. The van der Waals surface area contributed by atoms with Crippen molar-refractivity contribution in [3.63, 3.8) is 0 Å². The number of anilines is 1. The lowest BCUT2D eigenvalue weighted by Crippen LogP contribution is -2.28. The van der Waals surface area contributed by atoms with Crippen LogP contribution in [0.1, 0.15) is 23.2 Å². The number of benzene rings is 1. The minimum absolute atomic E-state index is 0.176. The van der Waals surface area contributed by atoms with Crippen LogP contribution in [0.2, 0.25) is 10.0 Å². The Kier molecular flexibility index (Phi) is 4.38. The maximum absolute atomic E-state index is 12.6. The van der Waals surface area contributed by atoms with Crippen LogP contribution in [0.3, 0.4) is 0 Å². The minimum atomic E-state index is -0.889. The fourth-order valence-electron chi connectivity index (χ4n) is 2.14.